The number of benzene rings is 3. The molecule has 23 heteroatoms. The van der Waals surface area contributed by atoms with Crippen LogP contribution in [-0.2, 0) is 59.4 Å². The zero-order valence-corrected chi connectivity index (χ0v) is 40.6. The highest BCUT2D eigenvalue weighted by Gasteiger charge is 2.39. The monoisotopic (exact) mass is 1040 g/mol. The van der Waals surface area contributed by atoms with Crippen LogP contribution in [-0.4, -0.2) is 117 Å². The van der Waals surface area contributed by atoms with Crippen LogP contribution in [0.15, 0.2) is 91.0 Å². The average molecular weight is 1040 g/mol. The highest BCUT2D eigenvalue weighted by atomic mass is 19.3. The summed E-state index contributed by atoms with van der Waals surface area (Å²) >= 11 is 0. The van der Waals surface area contributed by atoms with Crippen molar-refractivity contribution in [1.29, 1.82) is 0 Å². The molecule has 0 aliphatic heterocycles. The van der Waals surface area contributed by atoms with Crippen LogP contribution in [0, 0.1) is 5.92 Å². The zero-order chi connectivity index (χ0) is 54.2. The van der Waals surface area contributed by atoms with Gasteiger partial charge in [0.2, 0.25) is 41.9 Å². The van der Waals surface area contributed by atoms with Crippen LogP contribution in [0.3, 0.4) is 0 Å². The van der Waals surface area contributed by atoms with Gasteiger partial charge in [-0.3, -0.25) is 52.8 Å². The predicted octanol–water partition coefficient (Wildman–Crippen LogP) is 2.83. The normalized spacial score (nSPS) is 14.9. The molecule has 0 unspecified atom stereocenters. The third-order valence-electron chi connectivity index (χ3n) is 12.1. The molecule has 3 aromatic rings. The molecule has 74 heavy (non-hydrogen) atoms. The number of rotatable bonds is 30. The number of hydrogen-bond acceptors (Lipinski definition) is 11. The molecular formula is C51H63F2N7O14. The van der Waals surface area contributed by atoms with E-state index in [-0.39, 0.29) is 18.9 Å². The molecule has 3 aromatic carbocycles. The first-order valence-electron chi connectivity index (χ1n) is 24.1. The van der Waals surface area contributed by atoms with E-state index in [4.69, 9.17) is 4.84 Å². The first kappa shape index (κ1) is 58.7. The molecule has 0 aromatic heterocycles. The minimum Gasteiger partial charge on any atom is -0.481 e. The Hall–Kier alpha value is -7.82. The van der Waals surface area contributed by atoms with E-state index in [2.05, 4.69) is 37.4 Å². The van der Waals surface area contributed by atoms with Crippen LogP contribution in [0.4, 0.5) is 8.78 Å². The summed E-state index contributed by atoms with van der Waals surface area (Å²) in [4.78, 5) is 137. The number of nitrogens with one attached hydrogen (secondary N) is 7. The van der Waals surface area contributed by atoms with Gasteiger partial charge in [0.25, 0.3) is 5.91 Å². The minimum atomic E-state index is -3.08. The van der Waals surface area contributed by atoms with Gasteiger partial charge in [0, 0.05) is 32.1 Å². The molecule has 1 aliphatic rings. The lowest BCUT2D eigenvalue weighted by Crippen LogP contribution is -2.61. The Kier molecular flexibility index (Phi) is 24.0. The molecule has 0 saturated heterocycles. The predicted molar refractivity (Wildman–Crippen MR) is 259 cm³/mol. The summed E-state index contributed by atoms with van der Waals surface area (Å²) in [6, 6.07) is 14.6. The lowest BCUT2D eigenvalue weighted by atomic mass is 9.84. The molecule has 400 valence electrons. The number of carbonyl (C=O) groups excluding carboxylic acids is 7. The number of carboxylic acids is 3. The Bertz CT molecular complexity index is 2320. The standard InChI is InChI=1S/C51H63F2N7O14/c1-30(61)54-39(28-43(66)67)49(71)55-36(23-25-42(64)65)47(69)59-45(44(33-18-10-4-11-19-33)34-20-12-5-13-21-34)51(73)56-35(22-24-41(62)63)46(68)57-37(26-31-14-6-2-7-15-31)48(70)58-38(27-40(52)53)50(72)60-74-29-32-16-8-3-9-17-32/h3-5,8-13,16-21,31,35-40,44-45H,2,6-7,14-15,22-29H2,1H3,(H,54,61)(H,55,71)(H,56,73)(H,57,68)(H,58,70)(H,59,69)(H,60,72)(H,62,63)(H,64,65)(H,66,67)/t35-,36-,37-,38-,39-,45-/m0/s1. The molecule has 7 amide bonds. The van der Waals surface area contributed by atoms with E-state index in [1.165, 1.54) is 0 Å². The van der Waals surface area contributed by atoms with Gasteiger partial charge in [-0.1, -0.05) is 123 Å². The van der Waals surface area contributed by atoms with Gasteiger partial charge in [0.15, 0.2) is 0 Å². The first-order valence-corrected chi connectivity index (χ1v) is 24.1. The van der Waals surface area contributed by atoms with Crippen molar-refractivity contribution in [3.63, 3.8) is 0 Å². The van der Waals surface area contributed by atoms with Crippen molar-refractivity contribution in [3.05, 3.63) is 108 Å². The Morgan fingerprint density at radius 2 is 1.00 bits per heavy atom. The van der Waals surface area contributed by atoms with Crippen LogP contribution in [0.2, 0.25) is 0 Å². The largest absolute Gasteiger partial charge is 0.481 e. The summed E-state index contributed by atoms with van der Waals surface area (Å²) < 4.78 is 27.8. The van der Waals surface area contributed by atoms with Gasteiger partial charge in [-0.2, -0.15) is 0 Å². The van der Waals surface area contributed by atoms with E-state index in [9.17, 15) is 72.0 Å². The topological polar surface area (TPSA) is 325 Å². The number of aliphatic carboxylic acids is 3. The SMILES string of the molecule is CC(=O)N[C@@H](CC(=O)O)C(=O)N[C@@H](CCC(=O)O)C(=O)N[C@H](C(=O)N[C@@H](CCC(=O)O)C(=O)N[C@@H](CC1CCCCC1)C(=O)N[C@@H](CC(F)F)C(=O)NOCc1ccccc1)C(c1ccccc1)c1ccccc1. The van der Waals surface area contributed by atoms with Gasteiger partial charge in [-0.05, 0) is 41.9 Å². The van der Waals surface area contributed by atoms with Gasteiger partial charge in [0.1, 0.15) is 36.3 Å². The smallest absolute Gasteiger partial charge is 0.305 e. The molecule has 0 bridgehead atoms. The third kappa shape index (κ3) is 20.4. The quantitative estimate of drug-likeness (QED) is 0.0430. The van der Waals surface area contributed by atoms with Crippen molar-refractivity contribution in [3.8, 4) is 0 Å². The number of carboxylic acid groups (broad SMARTS) is 3. The summed E-state index contributed by atoms with van der Waals surface area (Å²) in [7, 11) is 0. The second-order valence-electron chi connectivity index (χ2n) is 17.9. The Morgan fingerprint density at radius 1 is 0.541 bits per heavy atom. The van der Waals surface area contributed by atoms with Gasteiger partial charge in [-0.15, -0.1) is 0 Å². The van der Waals surface area contributed by atoms with Crippen molar-refractivity contribution >= 4 is 59.3 Å². The maximum absolute atomic E-state index is 15.0. The van der Waals surface area contributed by atoms with E-state index < -0.39 is 146 Å². The molecule has 10 N–H and O–H groups in total. The number of hydrogen-bond donors (Lipinski definition) is 10. The Balaban J connectivity index is 1.72. The second-order valence-corrected chi connectivity index (χ2v) is 17.9. The van der Waals surface area contributed by atoms with Crippen molar-refractivity contribution in [2.45, 2.75) is 139 Å². The van der Waals surface area contributed by atoms with E-state index in [1.54, 1.807) is 91.0 Å². The molecular weight excluding hydrogens is 973 g/mol. The van der Waals surface area contributed by atoms with Crippen molar-refractivity contribution in [1.82, 2.24) is 37.4 Å². The summed E-state index contributed by atoms with van der Waals surface area (Å²) in [6.45, 7) is 0.881. The second kappa shape index (κ2) is 30.3. The van der Waals surface area contributed by atoms with E-state index in [1.807, 2.05) is 0 Å². The van der Waals surface area contributed by atoms with Crippen LogP contribution < -0.4 is 37.4 Å². The maximum atomic E-state index is 15.0. The molecule has 6 atom stereocenters. The average Bonchev–Trinajstić information content (AvgIpc) is 3.36. The fourth-order valence-electron chi connectivity index (χ4n) is 8.47. The van der Waals surface area contributed by atoms with Crippen molar-refractivity contribution in [2.75, 3.05) is 0 Å². The third-order valence-corrected chi connectivity index (χ3v) is 12.1. The maximum Gasteiger partial charge on any atom is 0.305 e. The highest BCUT2D eigenvalue weighted by molar-refractivity contribution is 5.98. The van der Waals surface area contributed by atoms with Gasteiger partial charge < -0.3 is 47.2 Å². The van der Waals surface area contributed by atoms with Gasteiger partial charge in [-0.25, -0.2) is 14.3 Å². The molecule has 1 saturated carbocycles. The molecule has 4 rings (SSSR count). The molecule has 0 spiro atoms. The van der Waals surface area contributed by atoms with Crippen LogP contribution in [0.5, 0.6) is 0 Å². The number of amides is 7. The fraction of sp³-hybridized carbons (Fsp3) is 0.451. The number of hydroxylamine groups is 1. The number of halogens is 2. The first-order chi connectivity index (χ1) is 35.3. The molecule has 21 nitrogen and oxygen atoms in total. The molecule has 0 radical (unpaired) electrons. The number of carbonyl (C=O) groups is 10. The van der Waals surface area contributed by atoms with Gasteiger partial charge >= 0.3 is 17.9 Å². The van der Waals surface area contributed by atoms with E-state index in [0.717, 1.165) is 26.2 Å². The Morgan fingerprint density at radius 3 is 1.50 bits per heavy atom. The zero-order valence-electron chi connectivity index (χ0n) is 40.6. The Labute approximate surface area is 425 Å². The highest BCUT2D eigenvalue weighted by Crippen LogP contribution is 2.30. The summed E-state index contributed by atoms with van der Waals surface area (Å²) in [5.41, 5.74) is 3.56. The van der Waals surface area contributed by atoms with Crippen molar-refractivity contribution < 1.29 is 76.9 Å². The molecule has 0 heterocycles. The van der Waals surface area contributed by atoms with Crippen LogP contribution >= 0.6 is 0 Å². The summed E-state index contributed by atoms with van der Waals surface area (Å²) in [5.74, 6) is -13.0. The lowest BCUT2D eigenvalue weighted by molar-refractivity contribution is -0.141. The fourth-order valence-corrected chi connectivity index (χ4v) is 8.47. The number of alkyl halides is 2. The van der Waals surface area contributed by atoms with Crippen molar-refractivity contribution in [2.24, 2.45) is 5.92 Å². The van der Waals surface area contributed by atoms with E-state index in [0.29, 0.717) is 29.5 Å². The summed E-state index contributed by atoms with van der Waals surface area (Å²) in [6.07, 6.45) is -4.05. The van der Waals surface area contributed by atoms with Crippen LogP contribution in [0.25, 0.3) is 0 Å². The lowest BCUT2D eigenvalue weighted by Gasteiger charge is -2.32. The van der Waals surface area contributed by atoms with Gasteiger partial charge in [0.05, 0.1) is 13.0 Å². The minimum absolute atomic E-state index is 0.0355. The van der Waals surface area contributed by atoms with E-state index >= 15 is 0 Å². The molecule has 1 aliphatic carbocycles. The van der Waals surface area contributed by atoms with Crippen LogP contribution in [0.1, 0.15) is 107 Å². The molecule has 1 fully saturated rings. The summed E-state index contributed by atoms with van der Waals surface area (Å²) in [5, 5.41) is 43.2.